The smallest absolute Gasteiger partial charge is 0.298 e. The minimum Gasteiger partial charge on any atom is -0.423 e. The number of nitrogens with one attached hydrogen (secondary N) is 1. The highest BCUT2D eigenvalue weighted by molar-refractivity contribution is 5.86. The van der Waals surface area contributed by atoms with Crippen LogP contribution in [0.25, 0.3) is 16.6 Å². The lowest BCUT2D eigenvalue weighted by Gasteiger charge is -2.34. The molecule has 31 heavy (non-hydrogen) atoms. The second-order valence-corrected chi connectivity index (χ2v) is 7.12. The average molecular weight is 454 g/mol. The summed E-state index contributed by atoms with van der Waals surface area (Å²) >= 11 is 0. The second kappa shape index (κ2) is 8.99. The van der Waals surface area contributed by atoms with Gasteiger partial charge in [-0.3, -0.25) is 9.59 Å². The fraction of sp³-hybridized carbons (Fsp3) is 0.238. The third-order valence-electron chi connectivity index (χ3n) is 5.09. The van der Waals surface area contributed by atoms with Gasteiger partial charge in [0.15, 0.2) is 5.75 Å². The van der Waals surface area contributed by atoms with Crippen molar-refractivity contribution in [3.8, 4) is 11.4 Å². The Bertz CT molecular complexity index is 1200. The summed E-state index contributed by atoms with van der Waals surface area (Å²) in [6.07, 6.45) is 1.14. The number of hydrogen-bond donors (Lipinski definition) is 1. The molecule has 6 nitrogen and oxygen atoms in total. The first-order chi connectivity index (χ1) is 14.4. The molecule has 4 rings (SSSR count). The zero-order valence-corrected chi connectivity index (χ0v) is 17.2. The summed E-state index contributed by atoms with van der Waals surface area (Å²) in [5, 5.41) is 3.17. The number of nitrogens with zero attached hydrogens (tertiary/aromatic N) is 2. The molecule has 1 fully saturated rings. The Kier molecular flexibility index (Phi) is 6.56. The van der Waals surface area contributed by atoms with E-state index < -0.39 is 28.6 Å². The largest absolute Gasteiger partial charge is 0.423 e. The molecular weight excluding hydrogens is 435 g/mol. The van der Waals surface area contributed by atoms with Gasteiger partial charge < -0.3 is 19.5 Å². The summed E-state index contributed by atoms with van der Waals surface area (Å²) in [5.41, 5.74) is -0.333. The van der Waals surface area contributed by atoms with Crippen LogP contribution < -0.4 is 20.4 Å². The predicted octanol–water partition coefficient (Wildman–Crippen LogP) is 3.16. The van der Waals surface area contributed by atoms with Crippen molar-refractivity contribution in [2.75, 3.05) is 24.5 Å². The third-order valence-corrected chi connectivity index (χ3v) is 5.09. The van der Waals surface area contributed by atoms with Crippen molar-refractivity contribution in [3.05, 3.63) is 64.2 Å². The van der Waals surface area contributed by atoms with E-state index in [4.69, 9.17) is 4.74 Å². The number of hydrogen-bond acceptors (Lipinski definition) is 5. The van der Waals surface area contributed by atoms with E-state index in [1.807, 2.05) is 11.8 Å². The first-order valence-corrected chi connectivity index (χ1v) is 9.32. The van der Waals surface area contributed by atoms with E-state index in [9.17, 15) is 22.8 Å². The maximum Gasteiger partial charge on any atom is 0.298 e. The number of carbonyl (C=O) groups excluding carboxylic acids is 1. The molecule has 10 heteroatoms. The lowest BCUT2D eigenvalue weighted by molar-refractivity contribution is -0.120. The van der Waals surface area contributed by atoms with Crippen LogP contribution in [-0.4, -0.2) is 36.7 Å². The van der Waals surface area contributed by atoms with E-state index in [2.05, 4.69) is 5.32 Å². The van der Waals surface area contributed by atoms with Gasteiger partial charge in [0.2, 0.25) is 5.43 Å². The fourth-order valence-electron chi connectivity index (χ4n) is 3.72. The minimum atomic E-state index is -0.890. The van der Waals surface area contributed by atoms with E-state index in [1.54, 1.807) is 0 Å². The van der Waals surface area contributed by atoms with E-state index in [0.29, 0.717) is 25.7 Å². The molecular formula is C21H19ClF3N3O3. The number of carbonyl (C=O) groups is 1. The molecule has 164 valence electrons. The molecule has 0 spiro atoms. The van der Waals surface area contributed by atoms with E-state index >= 15 is 0 Å². The topological polar surface area (TPSA) is 63.6 Å². The van der Waals surface area contributed by atoms with Crippen LogP contribution in [0.5, 0.6) is 5.75 Å². The first kappa shape index (κ1) is 22.6. The van der Waals surface area contributed by atoms with Gasteiger partial charge in [-0.25, -0.2) is 13.2 Å². The van der Waals surface area contributed by atoms with Crippen LogP contribution in [0.1, 0.15) is 6.92 Å². The van der Waals surface area contributed by atoms with Gasteiger partial charge in [0.1, 0.15) is 17.5 Å². The van der Waals surface area contributed by atoms with Gasteiger partial charge in [0.05, 0.1) is 28.5 Å². The second-order valence-electron chi connectivity index (χ2n) is 7.12. The molecule has 0 bridgehead atoms. The van der Waals surface area contributed by atoms with Crippen LogP contribution in [0.3, 0.4) is 0 Å². The highest BCUT2D eigenvalue weighted by Crippen LogP contribution is 2.29. The first-order valence-electron chi connectivity index (χ1n) is 9.32. The summed E-state index contributed by atoms with van der Waals surface area (Å²) in [5.74, 6) is -2.68. The SMILES string of the molecule is CC1CN(c2cc3c(cc2F)c(=O)c(OC=O)cn3-c2ccc(F)cc2F)CCN1.Cl. The Morgan fingerprint density at radius 2 is 1.87 bits per heavy atom. The van der Waals surface area contributed by atoms with Gasteiger partial charge in [0, 0.05) is 31.7 Å². The lowest BCUT2D eigenvalue weighted by atomic mass is 10.1. The Hall–Kier alpha value is -3.04. The maximum absolute atomic E-state index is 15.0. The van der Waals surface area contributed by atoms with Crippen LogP contribution in [0, 0.1) is 17.5 Å². The molecule has 2 heterocycles. The van der Waals surface area contributed by atoms with E-state index in [1.165, 1.54) is 16.7 Å². The van der Waals surface area contributed by atoms with Crippen LogP contribution in [-0.2, 0) is 4.79 Å². The molecule has 1 aliphatic rings. The van der Waals surface area contributed by atoms with E-state index in [0.717, 1.165) is 18.3 Å². The monoisotopic (exact) mass is 453 g/mol. The Morgan fingerprint density at radius 1 is 1.13 bits per heavy atom. The molecule has 1 aliphatic heterocycles. The Labute approximate surface area is 181 Å². The average Bonchev–Trinajstić information content (AvgIpc) is 2.70. The molecule has 1 atom stereocenters. The predicted molar refractivity (Wildman–Crippen MR) is 113 cm³/mol. The lowest BCUT2D eigenvalue weighted by Crippen LogP contribution is -2.49. The number of aromatic nitrogens is 1. The van der Waals surface area contributed by atoms with Crippen molar-refractivity contribution < 1.29 is 22.7 Å². The van der Waals surface area contributed by atoms with Gasteiger partial charge in [-0.15, -0.1) is 12.4 Å². The number of pyridine rings is 1. The van der Waals surface area contributed by atoms with Gasteiger partial charge in [-0.05, 0) is 31.2 Å². The number of halogens is 4. The van der Waals surface area contributed by atoms with Crippen LogP contribution in [0.2, 0.25) is 0 Å². The standard InChI is InChI=1S/C21H18F3N3O3.ClH/c1-12-9-26(5-4-25-12)19-8-18-14(7-16(19)24)21(29)20(30-11-28)10-27(18)17-3-2-13(22)6-15(17)23;/h2-3,6-8,10-12,25H,4-5,9H2,1H3;1H. The third kappa shape index (κ3) is 4.24. The number of benzene rings is 2. The number of piperazine rings is 1. The molecule has 1 saturated heterocycles. The summed E-state index contributed by atoms with van der Waals surface area (Å²) in [6.45, 7) is 3.78. The summed E-state index contributed by atoms with van der Waals surface area (Å²) in [4.78, 5) is 25.3. The van der Waals surface area contributed by atoms with Gasteiger partial charge in [-0.1, -0.05) is 0 Å². The quantitative estimate of drug-likeness (QED) is 0.615. The molecule has 2 aromatic carbocycles. The normalized spacial score (nSPS) is 16.1. The molecule has 0 amide bonds. The Balaban J connectivity index is 0.00000272. The van der Waals surface area contributed by atoms with Crippen molar-refractivity contribution in [1.82, 2.24) is 9.88 Å². The summed E-state index contributed by atoms with van der Waals surface area (Å²) in [7, 11) is 0. The highest BCUT2D eigenvalue weighted by atomic mass is 35.5. The maximum atomic E-state index is 15.0. The molecule has 1 aromatic heterocycles. The van der Waals surface area contributed by atoms with Crippen LogP contribution in [0.15, 0.2) is 41.3 Å². The summed E-state index contributed by atoms with van der Waals surface area (Å²) in [6, 6.07) is 5.59. The number of anilines is 1. The molecule has 1 unspecified atom stereocenters. The van der Waals surface area contributed by atoms with Crippen molar-refractivity contribution in [2.24, 2.45) is 0 Å². The van der Waals surface area contributed by atoms with Crippen LogP contribution >= 0.6 is 12.4 Å². The zero-order valence-electron chi connectivity index (χ0n) is 16.4. The molecule has 0 saturated carbocycles. The zero-order chi connectivity index (χ0) is 21.4. The van der Waals surface area contributed by atoms with Gasteiger partial charge in [0.25, 0.3) is 6.47 Å². The molecule has 1 N–H and O–H groups in total. The van der Waals surface area contributed by atoms with Gasteiger partial charge >= 0.3 is 0 Å². The molecule has 0 radical (unpaired) electrons. The number of rotatable bonds is 4. The minimum absolute atomic E-state index is 0. The fourth-order valence-corrected chi connectivity index (χ4v) is 3.72. The van der Waals surface area contributed by atoms with Crippen molar-refractivity contribution in [1.29, 1.82) is 0 Å². The van der Waals surface area contributed by atoms with Crippen molar-refractivity contribution in [3.63, 3.8) is 0 Å². The number of fused-ring (bicyclic) bond motifs is 1. The van der Waals surface area contributed by atoms with E-state index in [-0.39, 0.29) is 47.2 Å². The Morgan fingerprint density at radius 3 is 2.55 bits per heavy atom. The van der Waals surface area contributed by atoms with Gasteiger partial charge in [-0.2, -0.15) is 0 Å². The highest BCUT2D eigenvalue weighted by Gasteiger charge is 2.22. The van der Waals surface area contributed by atoms with Crippen molar-refractivity contribution in [2.45, 2.75) is 13.0 Å². The van der Waals surface area contributed by atoms with Crippen molar-refractivity contribution >= 4 is 35.5 Å². The molecule has 3 aromatic rings. The molecule has 0 aliphatic carbocycles. The van der Waals surface area contributed by atoms with Crippen LogP contribution in [0.4, 0.5) is 18.9 Å². The summed E-state index contributed by atoms with van der Waals surface area (Å²) < 4.78 is 48.9. The number of ether oxygens (including phenoxy) is 1.